The summed E-state index contributed by atoms with van der Waals surface area (Å²) >= 11 is 0. The van der Waals surface area contributed by atoms with Crippen molar-refractivity contribution in [3.8, 4) is 89.0 Å². The molecule has 0 heteroatoms. The molecule has 0 nitrogen and oxygen atoms in total. The molecule has 0 saturated carbocycles. The van der Waals surface area contributed by atoms with Crippen molar-refractivity contribution in [3.05, 3.63) is 231 Å². The van der Waals surface area contributed by atoms with Crippen LogP contribution in [0.1, 0.15) is 0 Å². The number of rotatable bonds is 4. The van der Waals surface area contributed by atoms with E-state index in [0.29, 0.717) is 0 Å². The first-order chi connectivity index (χ1) is 32.8. The first-order valence-corrected chi connectivity index (χ1v) is 23.1. The lowest BCUT2D eigenvalue weighted by Crippen LogP contribution is -1.97. The fraction of sp³-hybridized carbons (Fsp3) is 0. The first-order valence-electron chi connectivity index (χ1n) is 23.1. The van der Waals surface area contributed by atoms with Crippen LogP contribution in [-0.4, -0.2) is 0 Å². The molecule has 0 fully saturated rings. The highest BCUT2D eigenvalue weighted by Gasteiger charge is 2.34. The predicted octanol–water partition coefficient (Wildman–Crippen LogP) is 18.6. The van der Waals surface area contributed by atoms with E-state index >= 15 is 0 Å². The van der Waals surface area contributed by atoms with Gasteiger partial charge in [0, 0.05) is 0 Å². The third kappa shape index (κ3) is 4.83. The van der Waals surface area contributed by atoms with Crippen LogP contribution >= 0.6 is 0 Å². The second-order valence-corrected chi connectivity index (χ2v) is 18.2. The second-order valence-electron chi connectivity index (χ2n) is 18.2. The van der Waals surface area contributed by atoms with E-state index in [1.54, 1.807) is 0 Å². The Labute approximate surface area is 382 Å². The van der Waals surface area contributed by atoms with Gasteiger partial charge in [-0.05, 0) is 172 Å². The topological polar surface area (TPSA) is 0 Å². The molecule has 0 spiro atoms. The average molecular weight is 831 g/mol. The van der Waals surface area contributed by atoms with Gasteiger partial charge in [-0.1, -0.05) is 212 Å². The minimum Gasteiger partial charge on any atom is -0.0622 e. The minimum absolute atomic E-state index is 1.21. The lowest BCUT2D eigenvalue weighted by molar-refractivity contribution is 1.59. The van der Waals surface area contributed by atoms with Gasteiger partial charge in [0.05, 0.1) is 0 Å². The van der Waals surface area contributed by atoms with Crippen molar-refractivity contribution < 1.29 is 0 Å². The highest BCUT2D eigenvalue weighted by molar-refractivity contribution is 6.35. The van der Waals surface area contributed by atoms with Crippen molar-refractivity contribution >= 4 is 64.6 Å². The Morgan fingerprint density at radius 1 is 0.167 bits per heavy atom. The maximum absolute atomic E-state index is 2.49. The second kappa shape index (κ2) is 13.5. The molecule has 0 bridgehead atoms. The van der Waals surface area contributed by atoms with Crippen molar-refractivity contribution in [1.82, 2.24) is 0 Å². The number of hydrogen-bond acceptors (Lipinski definition) is 0. The van der Waals surface area contributed by atoms with Crippen LogP contribution in [0.4, 0.5) is 0 Å². The monoisotopic (exact) mass is 830 g/mol. The zero-order chi connectivity index (χ0) is 43.0. The fourth-order valence-corrected chi connectivity index (χ4v) is 12.2. The van der Waals surface area contributed by atoms with E-state index in [9.17, 15) is 0 Å². The molecule has 302 valence electrons. The molecule has 13 aromatic rings. The van der Waals surface area contributed by atoms with Crippen molar-refractivity contribution in [2.45, 2.75) is 0 Å². The summed E-state index contributed by atoms with van der Waals surface area (Å²) in [4.78, 5) is 0. The molecule has 0 N–H and O–H groups in total. The Kier molecular flexibility index (Phi) is 7.31. The van der Waals surface area contributed by atoms with Crippen molar-refractivity contribution in [2.24, 2.45) is 0 Å². The number of fused-ring (bicyclic) bond motifs is 13. The summed E-state index contributed by atoms with van der Waals surface area (Å²) in [5.74, 6) is 0. The normalized spacial score (nSPS) is 12.2. The molecule has 0 saturated heterocycles. The number of hydrogen-bond donors (Lipinski definition) is 0. The quantitative estimate of drug-likeness (QED) is 0.155. The van der Waals surface area contributed by atoms with Gasteiger partial charge in [0.1, 0.15) is 0 Å². The maximum atomic E-state index is 2.49. The lowest BCUT2D eigenvalue weighted by Gasteiger charge is -2.24. The highest BCUT2D eigenvalue weighted by Crippen LogP contribution is 2.61. The van der Waals surface area contributed by atoms with E-state index in [4.69, 9.17) is 0 Å². The van der Waals surface area contributed by atoms with Gasteiger partial charge >= 0.3 is 0 Å². The summed E-state index contributed by atoms with van der Waals surface area (Å²) in [6, 6.07) is 86.8. The smallest absolute Gasteiger partial charge is 0.000696 e. The van der Waals surface area contributed by atoms with Crippen LogP contribution in [0.3, 0.4) is 0 Å². The minimum atomic E-state index is 1.21. The van der Waals surface area contributed by atoms with Crippen LogP contribution < -0.4 is 0 Å². The Bertz CT molecular complexity index is 4240. The predicted molar refractivity (Wildman–Crippen MR) is 282 cm³/mol. The van der Waals surface area contributed by atoms with Crippen molar-refractivity contribution in [3.63, 3.8) is 0 Å². The van der Waals surface area contributed by atoms with Crippen LogP contribution in [0.25, 0.3) is 154 Å². The van der Waals surface area contributed by atoms with E-state index in [1.165, 1.54) is 154 Å². The Morgan fingerprint density at radius 2 is 0.636 bits per heavy atom. The molecular weight excluding hydrogens is 793 g/mol. The Balaban J connectivity index is 1.17. The van der Waals surface area contributed by atoms with Crippen LogP contribution in [0.15, 0.2) is 231 Å². The molecule has 0 unspecified atom stereocenters. The third-order valence-corrected chi connectivity index (χ3v) is 14.9. The van der Waals surface area contributed by atoms with Gasteiger partial charge in [0.25, 0.3) is 0 Å². The summed E-state index contributed by atoms with van der Waals surface area (Å²) in [5.41, 5.74) is 20.4. The lowest BCUT2D eigenvalue weighted by atomic mass is 9.78. The zero-order valence-electron chi connectivity index (χ0n) is 35.9. The van der Waals surface area contributed by atoms with Gasteiger partial charge in [-0.2, -0.15) is 0 Å². The summed E-state index contributed by atoms with van der Waals surface area (Å²) in [5, 5.41) is 15.5. The average Bonchev–Trinajstić information content (AvgIpc) is 3.88. The Morgan fingerprint density at radius 3 is 1.36 bits per heavy atom. The van der Waals surface area contributed by atoms with Crippen LogP contribution in [0, 0.1) is 0 Å². The molecule has 0 amide bonds. The molecule has 0 aromatic heterocycles. The highest BCUT2D eigenvalue weighted by atomic mass is 14.4. The third-order valence-electron chi connectivity index (χ3n) is 14.9. The molecule has 0 heterocycles. The molecule has 66 heavy (non-hydrogen) atoms. The molecule has 0 aliphatic heterocycles. The van der Waals surface area contributed by atoms with E-state index < -0.39 is 0 Å². The van der Waals surface area contributed by atoms with E-state index in [0.717, 1.165) is 0 Å². The molecule has 2 aliphatic rings. The van der Waals surface area contributed by atoms with Gasteiger partial charge in [-0.15, -0.1) is 0 Å². The van der Waals surface area contributed by atoms with E-state index in [2.05, 4.69) is 231 Å². The molecule has 0 atom stereocenters. The van der Waals surface area contributed by atoms with Gasteiger partial charge in [0.2, 0.25) is 0 Å². The molecule has 0 radical (unpaired) electrons. The molecule has 15 rings (SSSR count). The standard InChI is InChI=1S/C66H38/c1-3-16-39(17-4-1)44-23-9-11-26-49(44)62-55-35-34-47-53(33-32-43-36-57-51-28-13-21-41-22-14-29-52(60(41)51)58(57)38-56(43)47)63(55)64(50-27-12-10-24-45(50)40-18-5-2-6-19-40)65-54-31-15-30-48-46-25-8-7-20-42(46)37-59(61(48)54)66(62)65/h1-38H. The van der Waals surface area contributed by atoms with Crippen LogP contribution in [0.2, 0.25) is 0 Å². The van der Waals surface area contributed by atoms with E-state index in [-0.39, 0.29) is 0 Å². The zero-order valence-corrected chi connectivity index (χ0v) is 35.9. The summed E-state index contributed by atoms with van der Waals surface area (Å²) in [7, 11) is 0. The summed E-state index contributed by atoms with van der Waals surface area (Å²) in [6.07, 6.45) is 0. The molecule has 13 aromatic carbocycles. The summed E-state index contributed by atoms with van der Waals surface area (Å²) < 4.78 is 0. The van der Waals surface area contributed by atoms with Crippen LogP contribution in [-0.2, 0) is 0 Å². The SMILES string of the molecule is c1ccc(-c2ccccc2-c2c3c(c(-c4ccccc4-c4ccccc4)c4c2ccc2c5cc6c(cc5ccc24)-c2cccc4cccc-6c24)-c2cccc4c2c-3cc2ccccc24)cc1. The maximum Gasteiger partial charge on any atom is -0.000696 e. The summed E-state index contributed by atoms with van der Waals surface area (Å²) in [6.45, 7) is 0. The van der Waals surface area contributed by atoms with Crippen molar-refractivity contribution in [1.29, 1.82) is 0 Å². The molecule has 2 aliphatic carbocycles. The Hall–Kier alpha value is -8.58. The van der Waals surface area contributed by atoms with Crippen LogP contribution in [0.5, 0.6) is 0 Å². The van der Waals surface area contributed by atoms with E-state index in [1.807, 2.05) is 0 Å². The largest absolute Gasteiger partial charge is 0.0622 e. The van der Waals surface area contributed by atoms with Gasteiger partial charge in [-0.25, -0.2) is 0 Å². The van der Waals surface area contributed by atoms with Gasteiger partial charge in [0.15, 0.2) is 0 Å². The first kappa shape index (κ1) is 35.8. The number of benzene rings is 13. The molecular formula is C66H38. The fourth-order valence-electron chi connectivity index (χ4n) is 12.2. The van der Waals surface area contributed by atoms with Crippen molar-refractivity contribution in [2.75, 3.05) is 0 Å². The van der Waals surface area contributed by atoms with Gasteiger partial charge in [-0.3, -0.25) is 0 Å². The van der Waals surface area contributed by atoms with Gasteiger partial charge < -0.3 is 0 Å².